The molecule has 0 aliphatic rings. The van der Waals surface area contributed by atoms with E-state index in [2.05, 4.69) is 4.98 Å². The average Bonchev–Trinajstić information content (AvgIpc) is 2.78. The summed E-state index contributed by atoms with van der Waals surface area (Å²) in [6.45, 7) is 0. The highest BCUT2D eigenvalue weighted by molar-refractivity contribution is 5.73. The van der Waals surface area contributed by atoms with E-state index >= 15 is 0 Å². The number of hydrogen-bond acceptors (Lipinski definition) is 2. The summed E-state index contributed by atoms with van der Waals surface area (Å²) in [5.41, 5.74) is 8.35. The van der Waals surface area contributed by atoms with E-state index in [1.165, 1.54) is 0 Å². The van der Waals surface area contributed by atoms with Crippen LogP contribution in [-0.4, -0.2) is 22.1 Å². The van der Waals surface area contributed by atoms with E-state index in [-0.39, 0.29) is 0 Å². The van der Waals surface area contributed by atoms with Crippen molar-refractivity contribution in [3.63, 3.8) is 0 Å². The lowest BCUT2D eigenvalue weighted by Crippen LogP contribution is -2.32. The first-order valence-electron chi connectivity index (χ1n) is 5.38. The van der Waals surface area contributed by atoms with Gasteiger partial charge in [-0.05, 0) is 17.7 Å². The third-order valence-electron chi connectivity index (χ3n) is 2.59. The highest BCUT2D eigenvalue weighted by Gasteiger charge is 2.13. The van der Waals surface area contributed by atoms with Gasteiger partial charge in [0, 0.05) is 17.8 Å². The first-order chi connectivity index (χ1) is 8.16. The standard InChI is InChI=1S/C13H14N2O2/c14-11(13(16)17)8-10-6-7-12(15-10)9-4-2-1-3-5-9/h1-7,11,15H,8,14H2,(H,16,17). The number of carbonyl (C=O) groups is 1. The van der Waals surface area contributed by atoms with Crippen LogP contribution in [0.1, 0.15) is 5.69 Å². The summed E-state index contributed by atoms with van der Waals surface area (Å²) in [6.07, 6.45) is 0.308. The Morgan fingerprint density at radius 3 is 2.59 bits per heavy atom. The largest absolute Gasteiger partial charge is 0.480 e. The number of carboxylic acids is 1. The molecule has 0 spiro atoms. The van der Waals surface area contributed by atoms with Gasteiger partial charge in [-0.25, -0.2) is 0 Å². The molecule has 2 aromatic rings. The second-order valence-corrected chi connectivity index (χ2v) is 3.91. The zero-order valence-electron chi connectivity index (χ0n) is 9.26. The molecule has 4 heteroatoms. The lowest BCUT2D eigenvalue weighted by atomic mass is 10.2. The molecule has 1 aromatic carbocycles. The molecule has 0 aliphatic heterocycles. The molecule has 0 saturated heterocycles. The SMILES string of the molecule is NC(Cc1ccc(-c2ccccc2)[nH]1)C(=O)O. The van der Waals surface area contributed by atoms with Gasteiger partial charge >= 0.3 is 5.97 Å². The van der Waals surface area contributed by atoms with Crippen LogP contribution in [0.15, 0.2) is 42.5 Å². The fourth-order valence-corrected chi connectivity index (χ4v) is 1.67. The molecule has 88 valence electrons. The summed E-state index contributed by atoms with van der Waals surface area (Å²) in [5, 5.41) is 8.73. The quantitative estimate of drug-likeness (QED) is 0.747. The number of aliphatic carboxylic acids is 1. The minimum atomic E-state index is -0.985. The molecule has 1 unspecified atom stereocenters. The molecule has 0 amide bonds. The van der Waals surface area contributed by atoms with Gasteiger partial charge < -0.3 is 15.8 Å². The molecule has 1 atom stereocenters. The molecular weight excluding hydrogens is 216 g/mol. The van der Waals surface area contributed by atoms with Crippen LogP contribution in [0.3, 0.4) is 0 Å². The fourth-order valence-electron chi connectivity index (χ4n) is 1.67. The van der Waals surface area contributed by atoms with E-state index in [1.54, 1.807) is 0 Å². The molecule has 0 saturated carbocycles. The van der Waals surface area contributed by atoms with Crippen molar-refractivity contribution in [1.29, 1.82) is 0 Å². The van der Waals surface area contributed by atoms with Gasteiger partial charge in [0.15, 0.2) is 0 Å². The zero-order valence-corrected chi connectivity index (χ0v) is 9.26. The number of nitrogens with one attached hydrogen (secondary N) is 1. The summed E-state index contributed by atoms with van der Waals surface area (Å²) < 4.78 is 0. The highest BCUT2D eigenvalue weighted by Crippen LogP contribution is 2.18. The van der Waals surface area contributed by atoms with Gasteiger partial charge in [0.1, 0.15) is 6.04 Å². The molecule has 0 radical (unpaired) electrons. The van der Waals surface area contributed by atoms with E-state index in [9.17, 15) is 4.79 Å². The second kappa shape index (κ2) is 4.84. The topological polar surface area (TPSA) is 79.1 Å². The maximum absolute atomic E-state index is 10.6. The third-order valence-corrected chi connectivity index (χ3v) is 2.59. The first-order valence-corrected chi connectivity index (χ1v) is 5.38. The predicted octanol–water partition coefficient (Wildman–Crippen LogP) is 1.64. The molecular formula is C13H14N2O2. The van der Waals surface area contributed by atoms with Crippen LogP contribution in [0.5, 0.6) is 0 Å². The van der Waals surface area contributed by atoms with Gasteiger partial charge in [0.05, 0.1) is 0 Å². The molecule has 17 heavy (non-hydrogen) atoms. The van der Waals surface area contributed by atoms with Gasteiger partial charge in [0.2, 0.25) is 0 Å². The monoisotopic (exact) mass is 230 g/mol. The Labute approximate surface area is 99.1 Å². The van der Waals surface area contributed by atoms with Crippen LogP contribution >= 0.6 is 0 Å². The number of aromatic amines is 1. The second-order valence-electron chi connectivity index (χ2n) is 3.91. The normalized spacial score (nSPS) is 12.3. The van der Waals surface area contributed by atoms with Gasteiger partial charge in [-0.2, -0.15) is 0 Å². The van der Waals surface area contributed by atoms with Gasteiger partial charge in [-0.15, -0.1) is 0 Å². The number of nitrogens with two attached hydrogens (primary N) is 1. The lowest BCUT2D eigenvalue weighted by Gasteiger charge is -2.04. The molecule has 4 nitrogen and oxygen atoms in total. The highest BCUT2D eigenvalue weighted by atomic mass is 16.4. The minimum absolute atomic E-state index is 0.308. The Bertz CT molecular complexity index is 505. The number of hydrogen-bond donors (Lipinski definition) is 3. The van der Waals surface area contributed by atoms with Crippen molar-refractivity contribution in [2.45, 2.75) is 12.5 Å². The fraction of sp³-hybridized carbons (Fsp3) is 0.154. The van der Waals surface area contributed by atoms with Crippen LogP contribution in [0.2, 0.25) is 0 Å². The molecule has 0 aliphatic carbocycles. The minimum Gasteiger partial charge on any atom is -0.480 e. The Morgan fingerprint density at radius 1 is 1.24 bits per heavy atom. The molecule has 1 heterocycles. The van der Waals surface area contributed by atoms with Crippen LogP contribution < -0.4 is 5.73 Å². The molecule has 0 fully saturated rings. The first kappa shape index (κ1) is 11.4. The van der Waals surface area contributed by atoms with Crippen molar-refractivity contribution >= 4 is 5.97 Å². The van der Waals surface area contributed by atoms with Crippen molar-refractivity contribution in [2.75, 3.05) is 0 Å². The maximum atomic E-state index is 10.6. The molecule has 4 N–H and O–H groups in total. The van der Waals surface area contributed by atoms with Crippen molar-refractivity contribution in [2.24, 2.45) is 5.73 Å². The zero-order chi connectivity index (χ0) is 12.3. The number of carboxylic acid groups (broad SMARTS) is 1. The predicted molar refractivity (Wildman–Crippen MR) is 65.5 cm³/mol. The smallest absolute Gasteiger partial charge is 0.320 e. The summed E-state index contributed by atoms with van der Waals surface area (Å²) in [7, 11) is 0. The van der Waals surface area contributed by atoms with Gasteiger partial charge in [0.25, 0.3) is 0 Å². The number of H-pyrrole nitrogens is 1. The van der Waals surface area contributed by atoms with E-state index in [1.807, 2.05) is 42.5 Å². The summed E-state index contributed by atoms with van der Waals surface area (Å²) in [4.78, 5) is 13.8. The molecule has 0 bridgehead atoms. The Morgan fingerprint density at radius 2 is 1.94 bits per heavy atom. The maximum Gasteiger partial charge on any atom is 0.320 e. The van der Waals surface area contributed by atoms with Crippen LogP contribution in [0.25, 0.3) is 11.3 Å². The van der Waals surface area contributed by atoms with E-state index in [0.717, 1.165) is 17.0 Å². The van der Waals surface area contributed by atoms with Gasteiger partial charge in [-0.1, -0.05) is 30.3 Å². The molecule has 1 aromatic heterocycles. The van der Waals surface area contributed by atoms with E-state index in [4.69, 9.17) is 10.8 Å². The van der Waals surface area contributed by atoms with Crippen molar-refractivity contribution in [3.05, 3.63) is 48.2 Å². The Balaban J connectivity index is 2.14. The Hall–Kier alpha value is -2.07. The number of aromatic nitrogens is 1. The molecule has 2 rings (SSSR count). The van der Waals surface area contributed by atoms with Crippen LogP contribution in [-0.2, 0) is 11.2 Å². The Kier molecular flexibility index (Phi) is 3.25. The van der Waals surface area contributed by atoms with E-state index in [0.29, 0.717) is 6.42 Å². The lowest BCUT2D eigenvalue weighted by molar-refractivity contribution is -0.138. The van der Waals surface area contributed by atoms with Gasteiger partial charge in [-0.3, -0.25) is 4.79 Å². The van der Waals surface area contributed by atoms with E-state index < -0.39 is 12.0 Å². The summed E-state index contributed by atoms with van der Waals surface area (Å²) in [5.74, 6) is -0.985. The summed E-state index contributed by atoms with van der Waals surface area (Å²) in [6, 6.07) is 12.8. The van der Waals surface area contributed by atoms with Crippen molar-refractivity contribution < 1.29 is 9.90 Å². The van der Waals surface area contributed by atoms with Crippen LogP contribution in [0.4, 0.5) is 0 Å². The van der Waals surface area contributed by atoms with Crippen molar-refractivity contribution in [1.82, 2.24) is 4.98 Å². The third kappa shape index (κ3) is 2.73. The average molecular weight is 230 g/mol. The summed E-state index contributed by atoms with van der Waals surface area (Å²) >= 11 is 0. The van der Waals surface area contributed by atoms with Crippen LogP contribution in [0, 0.1) is 0 Å². The number of rotatable bonds is 4. The number of benzene rings is 1. The van der Waals surface area contributed by atoms with Crippen molar-refractivity contribution in [3.8, 4) is 11.3 Å².